The molecule has 1 aromatic heterocycles. The molecule has 0 spiro atoms. The summed E-state index contributed by atoms with van der Waals surface area (Å²) in [5.74, 6) is 0.248. The fourth-order valence-corrected chi connectivity index (χ4v) is 2.58. The Hall–Kier alpha value is -2.55. The molecule has 0 amide bonds. The summed E-state index contributed by atoms with van der Waals surface area (Å²) in [6.45, 7) is 4.79. The van der Waals surface area contributed by atoms with Gasteiger partial charge in [0.05, 0.1) is 0 Å². The van der Waals surface area contributed by atoms with Crippen LogP contribution in [0.4, 0.5) is 0 Å². The molecule has 106 valence electrons. The lowest BCUT2D eigenvalue weighted by molar-refractivity contribution is 0.478. The van der Waals surface area contributed by atoms with Crippen molar-refractivity contribution in [2.75, 3.05) is 0 Å². The van der Waals surface area contributed by atoms with Gasteiger partial charge < -0.3 is 5.11 Å². The highest BCUT2D eigenvalue weighted by Crippen LogP contribution is 2.38. The molecule has 1 heterocycles. The minimum absolute atomic E-state index is 0.248. The number of aryl methyl sites for hydroxylation is 2. The second kappa shape index (κ2) is 5.44. The number of aromatic hydroxyl groups is 1. The first-order valence-corrected chi connectivity index (χ1v) is 7.13. The molecule has 0 saturated carbocycles. The fourth-order valence-electron chi connectivity index (χ4n) is 2.58. The van der Waals surface area contributed by atoms with Gasteiger partial charge in [-0.3, -0.25) is 4.68 Å². The predicted molar refractivity (Wildman–Crippen MR) is 85.2 cm³/mol. The monoisotopic (exact) mass is 278 g/mol. The summed E-state index contributed by atoms with van der Waals surface area (Å²) in [7, 11) is 0. The Morgan fingerprint density at radius 3 is 2.33 bits per heavy atom. The Balaban J connectivity index is 2.23. The third kappa shape index (κ3) is 2.31. The first-order chi connectivity index (χ1) is 10.2. The van der Waals surface area contributed by atoms with Gasteiger partial charge in [0.25, 0.3) is 0 Å². The van der Waals surface area contributed by atoms with E-state index in [9.17, 15) is 5.11 Å². The van der Waals surface area contributed by atoms with Crippen molar-refractivity contribution >= 4 is 0 Å². The molecule has 1 N–H and O–H groups in total. The topological polar surface area (TPSA) is 38.0 Å². The van der Waals surface area contributed by atoms with E-state index in [2.05, 4.69) is 5.10 Å². The van der Waals surface area contributed by atoms with Crippen LogP contribution in [0.1, 0.15) is 12.5 Å². The minimum atomic E-state index is 0.248. The van der Waals surface area contributed by atoms with E-state index in [-0.39, 0.29) is 5.75 Å². The zero-order chi connectivity index (χ0) is 14.8. The first-order valence-electron chi connectivity index (χ1n) is 7.13. The molecule has 0 aliphatic heterocycles. The van der Waals surface area contributed by atoms with Crippen LogP contribution in [0.2, 0.25) is 0 Å². The largest absolute Gasteiger partial charge is 0.504 e. The van der Waals surface area contributed by atoms with Gasteiger partial charge in [0.1, 0.15) is 11.4 Å². The second-order valence-electron chi connectivity index (χ2n) is 5.04. The van der Waals surface area contributed by atoms with Crippen LogP contribution in [0.3, 0.4) is 0 Å². The summed E-state index contributed by atoms with van der Waals surface area (Å²) in [5, 5.41) is 15.3. The van der Waals surface area contributed by atoms with Crippen LogP contribution in [0.15, 0.2) is 54.6 Å². The van der Waals surface area contributed by atoms with Gasteiger partial charge in [0.2, 0.25) is 0 Å². The van der Waals surface area contributed by atoms with E-state index in [0.29, 0.717) is 12.2 Å². The smallest absolute Gasteiger partial charge is 0.169 e. The van der Waals surface area contributed by atoms with Gasteiger partial charge in [-0.2, -0.15) is 5.10 Å². The number of nitrogens with zero attached hydrogens (tertiary/aromatic N) is 2. The number of rotatable bonds is 3. The summed E-state index contributed by atoms with van der Waals surface area (Å²) >= 11 is 0. The fraction of sp³-hybridized carbons (Fsp3) is 0.167. The molecule has 0 aliphatic carbocycles. The van der Waals surface area contributed by atoms with E-state index in [1.807, 2.05) is 73.1 Å². The van der Waals surface area contributed by atoms with E-state index in [4.69, 9.17) is 0 Å². The quantitative estimate of drug-likeness (QED) is 0.777. The molecule has 3 rings (SSSR count). The summed E-state index contributed by atoms with van der Waals surface area (Å²) in [5.41, 5.74) is 4.50. The highest BCUT2D eigenvalue weighted by Gasteiger charge is 2.20. The van der Waals surface area contributed by atoms with Crippen LogP contribution in [0.25, 0.3) is 22.5 Å². The highest BCUT2D eigenvalue weighted by molar-refractivity contribution is 5.79. The van der Waals surface area contributed by atoms with Crippen LogP contribution in [-0.4, -0.2) is 14.9 Å². The maximum absolute atomic E-state index is 10.7. The first kappa shape index (κ1) is 13.4. The van der Waals surface area contributed by atoms with Gasteiger partial charge in [-0.05, 0) is 19.4 Å². The van der Waals surface area contributed by atoms with Crippen molar-refractivity contribution in [2.45, 2.75) is 20.4 Å². The van der Waals surface area contributed by atoms with Gasteiger partial charge in [-0.1, -0.05) is 54.6 Å². The van der Waals surface area contributed by atoms with Gasteiger partial charge in [-0.15, -0.1) is 0 Å². The number of aromatic nitrogens is 2. The average Bonchev–Trinajstić information content (AvgIpc) is 2.85. The van der Waals surface area contributed by atoms with E-state index in [1.165, 1.54) is 0 Å². The molecule has 3 heteroatoms. The number of hydrogen-bond donors (Lipinski definition) is 1. The van der Waals surface area contributed by atoms with Gasteiger partial charge >= 0.3 is 0 Å². The van der Waals surface area contributed by atoms with Crippen molar-refractivity contribution in [3.63, 3.8) is 0 Å². The van der Waals surface area contributed by atoms with Crippen molar-refractivity contribution in [3.8, 4) is 28.3 Å². The summed E-state index contributed by atoms with van der Waals surface area (Å²) in [6.07, 6.45) is 0. The molecule has 2 aromatic carbocycles. The normalized spacial score (nSPS) is 10.8. The molecule has 3 aromatic rings. The maximum atomic E-state index is 10.7. The lowest BCUT2D eigenvalue weighted by atomic mass is 10.0. The van der Waals surface area contributed by atoms with E-state index >= 15 is 0 Å². The zero-order valence-corrected chi connectivity index (χ0v) is 12.2. The molecule has 21 heavy (non-hydrogen) atoms. The van der Waals surface area contributed by atoms with Gasteiger partial charge in [0.15, 0.2) is 5.75 Å². The third-order valence-electron chi connectivity index (χ3n) is 3.67. The molecule has 0 radical (unpaired) electrons. The third-order valence-corrected chi connectivity index (χ3v) is 3.67. The van der Waals surface area contributed by atoms with E-state index < -0.39 is 0 Å². The molecule has 0 saturated heterocycles. The average molecular weight is 278 g/mol. The SMILES string of the molecule is CCn1nc(-c2ccccc2)c(O)c1-c1ccccc1C. The van der Waals surface area contributed by atoms with Crippen molar-refractivity contribution < 1.29 is 5.11 Å². The summed E-state index contributed by atoms with van der Waals surface area (Å²) < 4.78 is 1.86. The van der Waals surface area contributed by atoms with Crippen molar-refractivity contribution in [3.05, 3.63) is 60.2 Å². The molecule has 0 atom stereocenters. The van der Waals surface area contributed by atoms with E-state index in [0.717, 1.165) is 22.4 Å². The van der Waals surface area contributed by atoms with Crippen molar-refractivity contribution in [2.24, 2.45) is 0 Å². The Labute approximate surface area is 124 Å². The summed E-state index contributed by atoms with van der Waals surface area (Å²) in [6, 6.07) is 17.8. The van der Waals surface area contributed by atoms with Crippen LogP contribution < -0.4 is 0 Å². The van der Waals surface area contributed by atoms with Crippen LogP contribution in [0.5, 0.6) is 5.75 Å². The van der Waals surface area contributed by atoms with Crippen molar-refractivity contribution in [1.82, 2.24) is 9.78 Å². The standard InChI is InChI=1S/C18H18N2O/c1-3-20-17(15-12-8-7-9-13(15)2)18(21)16(19-20)14-10-5-4-6-11-14/h4-12,21H,3H2,1-2H3. The molecule has 0 bridgehead atoms. The Morgan fingerprint density at radius 1 is 1.00 bits per heavy atom. The van der Waals surface area contributed by atoms with E-state index in [1.54, 1.807) is 0 Å². The Bertz CT molecular complexity index is 760. The minimum Gasteiger partial charge on any atom is -0.504 e. The zero-order valence-electron chi connectivity index (χ0n) is 12.2. The number of benzene rings is 2. The molecule has 3 nitrogen and oxygen atoms in total. The summed E-state index contributed by atoms with van der Waals surface area (Å²) in [4.78, 5) is 0. The lowest BCUT2D eigenvalue weighted by Gasteiger charge is -2.08. The molecule has 0 fully saturated rings. The molecule has 0 aliphatic rings. The Morgan fingerprint density at radius 2 is 1.67 bits per heavy atom. The molecule has 0 unspecified atom stereocenters. The van der Waals surface area contributed by atoms with Gasteiger partial charge in [-0.25, -0.2) is 0 Å². The van der Waals surface area contributed by atoms with Crippen LogP contribution in [-0.2, 0) is 6.54 Å². The van der Waals surface area contributed by atoms with Gasteiger partial charge in [0, 0.05) is 17.7 Å². The van der Waals surface area contributed by atoms with Crippen molar-refractivity contribution in [1.29, 1.82) is 0 Å². The van der Waals surface area contributed by atoms with Crippen LogP contribution >= 0.6 is 0 Å². The molecular formula is C18H18N2O. The lowest BCUT2D eigenvalue weighted by Crippen LogP contribution is -2.00. The predicted octanol–water partition coefficient (Wildman–Crippen LogP) is 4.25. The molecular weight excluding hydrogens is 260 g/mol. The number of hydrogen-bond acceptors (Lipinski definition) is 2. The highest BCUT2D eigenvalue weighted by atomic mass is 16.3. The maximum Gasteiger partial charge on any atom is 0.169 e. The van der Waals surface area contributed by atoms with Crippen LogP contribution in [0, 0.1) is 6.92 Å². The Kier molecular flexibility index (Phi) is 3.48. The second-order valence-corrected chi connectivity index (χ2v) is 5.04.